The first kappa shape index (κ1) is 20.1. The number of amides is 1. The molecule has 2 atom stereocenters. The third-order valence-corrected chi connectivity index (χ3v) is 5.55. The van der Waals surface area contributed by atoms with E-state index in [-0.39, 0.29) is 35.0 Å². The molecule has 7 nitrogen and oxygen atoms in total. The van der Waals surface area contributed by atoms with Crippen molar-refractivity contribution < 1.29 is 22.7 Å². The molecule has 1 aromatic carbocycles. The smallest absolute Gasteiger partial charge is 0.280 e. The Hall–Kier alpha value is -3.17. The van der Waals surface area contributed by atoms with E-state index < -0.39 is 12.2 Å². The van der Waals surface area contributed by atoms with E-state index in [2.05, 4.69) is 15.1 Å². The Morgan fingerprint density at radius 1 is 1.30 bits per heavy atom. The highest BCUT2D eigenvalue weighted by atomic mass is 19.3. The Balaban J connectivity index is 1.67. The summed E-state index contributed by atoms with van der Waals surface area (Å²) in [6, 6.07) is 5.29. The van der Waals surface area contributed by atoms with Crippen molar-refractivity contribution in [1.29, 1.82) is 0 Å². The van der Waals surface area contributed by atoms with Gasteiger partial charge < -0.3 is 9.64 Å². The highest BCUT2D eigenvalue weighted by Crippen LogP contribution is 2.34. The Morgan fingerprint density at radius 3 is 2.83 bits per heavy atom. The van der Waals surface area contributed by atoms with Crippen LogP contribution < -0.4 is 4.74 Å². The summed E-state index contributed by atoms with van der Waals surface area (Å²) in [7, 11) is 1.33. The monoisotopic (exact) mass is 419 g/mol. The van der Waals surface area contributed by atoms with Crippen LogP contribution in [0.25, 0.3) is 5.78 Å². The molecule has 3 heterocycles. The van der Waals surface area contributed by atoms with Crippen LogP contribution in [0.2, 0.25) is 0 Å². The molecular formula is C20H20F3N5O2. The van der Waals surface area contributed by atoms with Gasteiger partial charge in [0.15, 0.2) is 11.6 Å². The zero-order chi connectivity index (χ0) is 21.4. The van der Waals surface area contributed by atoms with E-state index >= 15 is 0 Å². The maximum absolute atomic E-state index is 13.7. The SMILES string of the molecule is COc1cc(C(=O)N2CC[C@@H](C)[C@H](c3cc(C(F)F)nc4ncnn34)C2)ccc1F. The van der Waals surface area contributed by atoms with E-state index in [0.717, 1.165) is 0 Å². The predicted octanol–water partition coefficient (Wildman–Crippen LogP) is 3.48. The number of methoxy groups -OCH3 is 1. The van der Waals surface area contributed by atoms with E-state index in [9.17, 15) is 18.0 Å². The third kappa shape index (κ3) is 3.57. The number of rotatable bonds is 4. The van der Waals surface area contributed by atoms with Crippen LogP contribution in [-0.2, 0) is 0 Å². The van der Waals surface area contributed by atoms with Crippen LogP contribution in [0, 0.1) is 11.7 Å². The van der Waals surface area contributed by atoms with E-state index in [0.29, 0.717) is 30.8 Å². The fraction of sp³-hybridized carbons (Fsp3) is 0.400. The fourth-order valence-electron chi connectivity index (χ4n) is 3.84. The van der Waals surface area contributed by atoms with Gasteiger partial charge in [0.25, 0.3) is 18.1 Å². The van der Waals surface area contributed by atoms with E-state index in [1.807, 2.05) is 6.92 Å². The number of likely N-dealkylation sites (tertiary alicyclic amines) is 1. The van der Waals surface area contributed by atoms with Crippen molar-refractivity contribution in [2.75, 3.05) is 20.2 Å². The maximum atomic E-state index is 13.7. The molecule has 0 saturated carbocycles. The number of nitrogens with zero attached hydrogens (tertiary/aromatic N) is 5. The van der Waals surface area contributed by atoms with Crippen LogP contribution in [-0.4, -0.2) is 50.6 Å². The Bertz CT molecular complexity index is 1090. The number of carbonyl (C=O) groups is 1. The number of piperidine rings is 1. The van der Waals surface area contributed by atoms with Gasteiger partial charge in [-0.05, 0) is 36.6 Å². The molecule has 158 valence electrons. The lowest BCUT2D eigenvalue weighted by Gasteiger charge is -2.37. The van der Waals surface area contributed by atoms with E-state index in [4.69, 9.17) is 4.74 Å². The van der Waals surface area contributed by atoms with Gasteiger partial charge in [-0.2, -0.15) is 10.1 Å². The minimum absolute atomic E-state index is 0.0113. The number of alkyl halides is 2. The van der Waals surface area contributed by atoms with Crippen molar-refractivity contribution in [2.45, 2.75) is 25.7 Å². The molecule has 0 radical (unpaired) electrons. The van der Waals surface area contributed by atoms with Crippen LogP contribution in [0.4, 0.5) is 13.2 Å². The molecule has 2 aromatic heterocycles. The minimum Gasteiger partial charge on any atom is -0.494 e. The Kier molecular flexibility index (Phi) is 5.31. The molecule has 1 saturated heterocycles. The van der Waals surface area contributed by atoms with E-state index in [1.54, 1.807) is 4.90 Å². The van der Waals surface area contributed by atoms with Gasteiger partial charge in [0, 0.05) is 24.6 Å². The number of ether oxygens (including phenoxy) is 1. The van der Waals surface area contributed by atoms with Crippen molar-refractivity contribution in [3.63, 3.8) is 0 Å². The number of carbonyl (C=O) groups excluding carboxylic acids is 1. The summed E-state index contributed by atoms with van der Waals surface area (Å²) < 4.78 is 46.8. The molecule has 0 aliphatic carbocycles. The van der Waals surface area contributed by atoms with Gasteiger partial charge in [0.2, 0.25) is 0 Å². The van der Waals surface area contributed by atoms with Crippen molar-refractivity contribution in [3.8, 4) is 5.75 Å². The van der Waals surface area contributed by atoms with Crippen molar-refractivity contribution in [1.82, 2.24) is 24.5 Å². The summed E-state index contributed by atoms with van der Waals surface area (Å²) in [6.07, 6.45) is -0.798. The molecular weight excluding hydrogens is 399 g/mol. The highest BCUT2D eigenvalue weighted by molar-refractivity contribution is 5.94. The van der Waals surface area contributed by atoms with Gasteiger partial charge in [-0.25, -0.2) is 22.7 Å². The summed E-state index contributed by atoms with van der Waals surface area (Å²) in [4.78, 5) is 22.5. The molecule has 3 aromatic rings. The molecule has 1 aliphatic heterocycles. The number of benzene rings is 1. The normalized spacial score (nSPS) is 19.5. The minimum atomic E-state index is -2.74. The van der Waals surface area contributed by atoms with Gasteiger partial charge >= 0.3 is 0 Å². The van der Waals surface area contributed by atoms with Crippen LogP contribution in [0.1, 0.15) is 47.4 Å². The van der Waals surface area contributed by atoms with Crippen LogP contribution in [0.3, 0.4) is 0 Å². The lowest BCUT2D eigenvalue weighted by Crippen LogP contribution is -2.42. The van der Waals surface area contributed by atoms with Crippen LogP contribution in [0.15, 0.2) is 30.6 Å². The second kappa shape index (κ2) is 7.92. The van der Waals surface area contributed by atoms with Gasteiger partial charge in [-0.3, -0.25) is 4.79 Å². The summed E-state index contributed by atoms with van der Waals surface area (Å²) in [5, 5.41) is 4.13. The first-order valence-electron chi connectivity index (χ1n) is 9.50. The molecule has 0 spiro atoms. The van der Waals surface area contributed by atoms with Gasteiger partial charge in [0.1, 0.15) is 12.0 Å². The maximum Gasteiger partial charge on any atom is 0.280 e. The summed E-state index contributed by atoms with van der Waals surface area (Å²) in [6.45, 7) is 2.82. The Morgan fingerprint density at radius 2 is 2.10 bits per heavy atom. The van der Waals surface area contributed by atoms with Gasteiger partial charge in [-0.1, -0.05) is 6.92 Å². The molecule has 0 unspecified atom stereocenters. The largest absolute Gasteiger partial charge is 0.494 e. The summed E-state index contributed by atoms with van der Waals surface area (Å²) in [5.74, 6) is -0.858. The molecule has 1 fully saturated rings. The topological polar surface area (TPSA) is 72.6 Å². The molecule has 1 aliphatic rings. The number of hydrogen-bond donors (Lipinski definition) is 0. The number of halogens is 3. The zero-order valence-corrected chi connectivity index (χ0v) is 16.4. The first-order valence-corrected chi connectivity index (χ1v) is 9.50. The lowest BCUT2D eigenvalue weighted by molar-refractivity contribution is 0.0665. The van der Waals surface area contributed by atoms with Crippen molar-refractivity contribution >= 4 is 11.7 Å². The standard InChI is InChI=1S/C20H20F3N5O2/c1-11-5-6-27(19(29)12-3-4-14(21)17(7-12)30-2)9-13(11)16-8-15(18(22)23)26-20-24-10-25-28(16)20/h3-4,7-8,10-11,13,18H,5-6,9H2,1-2H3/t11-,13-/m1/s1. The second-order valence-corrected chi connectivity index (χ2v) is 7.35. The predicted molar refractivity (Wildman–Crippen MR) is 101 cm³/mol. The summed E-state index contributed by atoms with van der Waals surface area (Å²) in [5.41, 5.74) is 0.467. The highest BCUT2D eigenvalue weighted by Gasteiger charge is 2.33. The average molecular weight is 419 g/mol. The molecule has 4 rings (SSSR count). The van der Waals surface area contributed by atoms with Crippen LogP contribution in [0.5, 0.6) is 5.75 Å². The van der Waals surface area contributed by atoms with Crippen molar-refractivity contribution in [2.24, 2.45) is 5.92 Å². The number of hydrogen-bond acceptors (Lipinski definition) is 5. The summed E-state index contributed by atoms with van der Waals surface area (Å²) >= 11 is 0. The molecule has 0 bridgehead atoms. The van der Waals surface area contributed by atoms with Crippen molar-refractivity contribution in [3.05, 3.63) is 53.4 Å². The zero-order valence-electron chi connectivity index (χ0n) is 16.4. The second-order valence-electron chi connectivity index (χ2n) is 7.35. The number of aromatic nitrogens is 4. The van der Waals surface area contributed by atoms with Crippen LogP contribution >= 0.6 is 0 Å². The van der Waals surface area contributed by atoms with Gasteiger partial charge in [0.05, 0.1) is 12.8 Å². The number of fused-ring (bicyclic) bond motifs is 1. The molecule has 1 amide bonds. The fourth-order valence-corrected chi connectivity index (χ4v) is 3.84. The lowest BCUT2D eigenvalue weighted by atomic mass is 9.84. The molecule has 10 heteroatoms. The Labute approximate surface area is 170 Å². The van der Waals surface area contributed by atoms with E-state index in [1.165, 1.54) is 42.2 Å². The quantitative estimate of drug-likeness (QED) is 0.648. The third-order valence-electron chi connectivity index (χ3n) is 5.55. The molecule has 0 N–H and O–H groups in total. The van der Waals surface area contributed by atoms with Gasteiger partial charge in [-0.15, -0.1) is 0 Å². The molecule has 30 heavy (non-hydrogen) atoms. The average Bonchev–Trinajstić information content (AvgIpc) is 3.22. The first-order chi connectivity index (χ1) is 14.4.